The maximum absolute atomic E-state index is 14.7. The summed E-state index contributed by atoms with van der Waals surface area (Å²) >= 11 is 0. The number of nitrogens with one attached hydrogen (secondary N) is 5. The number of nitro benzene ring substituents is 2. The third-order valence-electron chi connectivity index (χ3n) is 10.4. The van der Waals surface area contributed by atoms with Gasteiger partial charge in [-0.15, -0.1) is 0 Å². The number of hydrogen-bond donors (Lipinski definition) is 15. The van der Waals surface area contributed by atoms with Gasteiger partial charge in [0.15, 0.2) is 17.9 Å². The van der Waals surface area contributed by atoms with Crippen LogP contribution in [0.1, 0.15) is 45.6 Å². The Morgan fingerprint density at radius 2 is 1.05 bits per heavy atom. The maximum Gasteiger partial charge on any atom is 0.338 e. The van der Waals surface area contributed by atoms with E-state index in [2.05, 4.69) is 41.2 Å². The molecule has 0 aliphatic rings. The lowest BCUT2D eigenvalue weighted by Crippen LogP contribution is -2.58. The van der Waals surface area contributed by atoms with E-state index < -0.39 is 142 Å². The molecule has 33 heteroatoms. The van der Waals surface area contributed by atoms with E-state index >= 15 is 0 Å². The predicted molar refractivity (Wildman–Crippen MR) is 285 cm³/mol. The van der Waals surface area contributed by atoms with Gasteiger partial charge in [-0.3, -0.25) is 49.0 Å². The molecule has 0 saturated heterocycles. The first kappa shape index (κ1) is 60.3. The second kappa shape index (κ2) is 27.9. The third kappa shape index (κ3) is 17.7. The van der Waals surface area contributed by atoms with Crippen LogP contribution in [0.2, 0.25) is 0 Å². The van der Waals surface area contributed by atoms with Crippen molar-refractivity contribution in [3.63, 3.8) is 0 Å². The average molecular weight is 1100 g/mol. The van der Waals surface area contributed by atoms with E-state index in [0.717, 1.165) is 10.5 Å². The molecule has 0 aliphatic carbocycles. The molecule has 0 radical (unpaired) electrons. The van der Waals surface area contributed by atoms with Crippen LogP contribution >= 0.6 is 0 Å². The number of aliphatic imine (C=N–C) groups is 4. The van der Waals surface area contributed by atoms with Gasteiger partial charge < -0.3 is 87.6 Å². The number of primary amides is 1. The monoisotopic (exact) mass is 1090 g/mol. The normalized spacial score (nSPS) is 13.3. The first-order valence-electron chi connectivity index (χ1n) is 22.6. The molecule has 0 bridgehead atoms. The lowest BCUT2D eigenvalue weighted by atomic mass is 10.0. The van der Waals surface area contributed by atoms with Crippen molar-refractivity contribution < 1.29 is 53.6 Å². The number of anilines is 1. The summed E-state index contributed by atoms with van der Waals surface area (Å²) < 4.78 is 0. The number of aromatic carboxylic acids is 1. The fourth-order valence-corrected chi connectivity index (χ4v) is 7.00. The zero-order valence-corrected chi connectivity index (χ0v) is 41.4. The zero-order chi connectivity index (χ0) is 58.7. The van der Waals surface area contributed by atoms with Crippen molar-refractivity contribution in [1.29, 1.82) is 0 Å². The number of non-ortho nitro benzene ring substituents is 1. The van der Waals surface area contributed by atoms with Gasteiger partial charge in [0.2, 0.25) is 36.5 Å². The maximum atomic E-state index is 14.7. The van der Waals surface area contributed by atoms with Gasteiger partial charge in [0.05, 0.1) is 33.9 Å². The Kier molecular flexibility index (Phi) is 21.3. The first-order valence-corrected chi connectivity index (χ1v) is 22.6. The van der Waals surface area contributed by atoms with Gasteiger partial charge in [-0.25, -0.2) is 24.8 Å². The van der Waals surface area contributed by atoms with Crippen LogP contribution in [0, 0.1) is 20.2 Å². The highest BCUT2D eigenvalue weighted by atomic mass is 16.6. The summed E-state index contributed by atoms with van der Waals surface area (Å²) in [5.74, 6) is -12.6. The molecular weight excluding hydrogens is 1040 g/mol. The molecule has 0 spiro atoms. The third-order valence-corrected chi connectivity index (χ3v) is 10.4. The minimum Gasteiger partial charge on any atom is -0.478 e. The zero-order valence-electron chi connectivity index (χ0n) is 41.4. The van der Waals surface area contributed by atoms with E-state index in [1.165, 1.54) is 49.4 Å². The number of carbonyl (C=O) groups excluding carboxylic acids is 6. The summed E-state index contributed by atoms with van der Waals surface area (Å²) in [6.07, 6.45) is -4.80. The molecule has 416 valence electrons. The van der Waals surface area contributed by atoms with Gasteiger partial charge in [-0.2, -0.15) is 0 Å². The number of guanidine groups is 3. The van der Waals surface area contributed by atoms with Crippen molar-refractivity contribution in [3.8, 4) is 0 Å². The first-order chi connectivity index (χ1) is 37.3. The van der Waals surface area contributed by atoms with Crippen molar-refractivity contribution in [1.82, 2.24) is 26.6 Å². The average Bonchev–Trinajstić information content (AvgIpc) is 3.43. The smallest absolute Gasteiger partial charge is 0.338 e. The van der Waals surface area contributed by atoms with Crippen LogP contribution in [-0.4, -0.2) is 122 Å². The molecule has 4 aromatic rings. The van der Waals surface area contributed by atoms with Crippen molar-refractivity contribution in [2.24, 2.45) is 65.8 Å². The summed E-state index contributed by atoms with van der Waals surface area (Å²) in [6.45, 7) is -0.646. The van der Waals surface area contributed by atoms with Crippen molar-refractivity contribution >= 4 is 94.3 Å². The highest BCUT2D eigenvalue weighted by Crippen LogP contribution is 2.38. The molecule has 0 aromatic heterocycles. The van der Waals surface area contributed by atoms with Crippen molar-refractivity contribution in [2.75, 3.05) is 11.5 Å². The van der Waals surface area contributed by atoms with E-state index in [-0.39, 0.29) is 17.0 Å². The van der Waals surface area contributed by atoms with Crippen LogP contribution in [0.5, 0.6) is 0 Å². The topological polar surface area (TPSA) is 567 Å². The molecule has 0 aliphatic heterocycles. The number of carboxylic acids is 1. The number of hydrogen-bond acceptors (Lipinski definition) is 17. The Labute approximate surface area is 446 Å². The van der Waals surface area contributed by atoms with Crippen LogP contribution < -0.4 is 77.4 Å². The largest absolute Gasteiger partial charge is 0.478 e. The summed E-state index contributed by atoms with van der Waals surface area (Å²) in [6, 6.07) is 19.5. The van der Waals surface area contributed by atoms with E-state index in [1.54, 1.807) is 18.2 Å². The number of nitrogens with zero attached hydrogens (tertiary/aromatic N) is 7. The molecule has 0 heterocycles. The van der Waals surface area contributed by atoms with Gasteiger partial charge >= 0.3 is 5.97 Å². The number of benzene rings is 4. The van der Waals surface area contributed by atoms with Crippen LogP contribution in [0.25, 0.3) is 12.2 Å². The standard InChI is InChI=1S/C46H54N20O13/c1-22(47)55-35(40(71)57-34(33(48)68)61-44(49)50)59-42(73)37(63-46(53)54)60-41(72)36(62-45(51)52)58-39(70)31(26-10-6-3-7-11-26)56-38(69)30(21-67)64(32-28(43(74)75)18-27(65(76)77)19-29(32)66(78)79)20-25-16-14-24(15-17-25)13-12-23-8-4-2-5-9-23/h2-19,30-31,34-37,67H,20-21H2,1H3,(H2,47,55)(H2,48,68)(H,56,69)(H,57,71)(H,58,70)(H,59,73)(H,60,72)(H,74,75)(H4,49,50,61)(H4,51,52,62)(H4,53,54,63)/b13-12+. The Bertz CT molecular complexity index is 3050. The summed E-state index contributed by atoms with van der Waals surface area (Å²) in [5, 5.41) is 56.7. The molecule has 23 N–H and O–H groups in total. The van der Waals surface area contributed by atoms with Crippen LogP contribution in [0.4, 0.5) is 17.1 Å². The minimum absolute atomic E-state index is 0.0385. The lowest BCUT2D eigenvalue weighted by Gasteiger charge is -2.33. The number of aliphatic hydroxyl groups excluding tert-OH is 1. The Hall–Kier alpha value is -11.2. The van der Waals surface area contributed by atoms with E-state index in [9.17, 15) is 64.0 Å². The fourth-order valence-electron chi connectivity index (χ4n) is 7.00. The molecule has 6 unspecified atom stereocenters. The molecule has 6 atom stereocenters. The Morgan fingerprint density at radius 1 is 0.595 bits per heavy atom. The number of amidine groups is 1. The molecule has 0 fully saturated rings. The van der Waals surface area contributed by atoms with Crippen molar-refractivity contribution in [2.45, 2.75) is 50.2 Å². The lowest BCUT2D eigenvalue weighted by molar-refractivity contribution is -0.393. The summed E-state index contributed by atoms with van der Waals surface area (Å²) in [4.78, 5) is 133. The van der Waals surface area contributed by atoms with Crippen LogP contribution in [0.3, 0.4) is 0 Å². The second-order valence-electron chi connectivity index (χ2n) is 16.3. The number of nitro groups is 2. The highest BCUT2D eigenvalue weighted by Gasteiger charge is 2.39. The number of rotatable bonds is 26. The number of amides is 6. The molecule has 6 amide bonds. The van der Waals surface area contributed by atoms with E-state index in [0.29, 0.717) is 17.7 Å². The van der Waals surface area contributed by atoms with E-state index in [1.807, 2.05) is 41.7 Å². The second-order valence-corrected chi connectivity index (χ2v) is 16.3. The quantitative estimate of drug-likeness (QED) is 0.00938. The molecule has 4 aromatic carbocycles. The van der Waals surface area contributed by atoms with E-state index in [4.69, 9.17) is 45.9 Å². The SMILES string of the molecule is CC(N)=NC(NC(=O)C(N=C(N)N)NC(=O)C(N=C(N)N)NC(=O)C(NC(=O)C(CO)N(Cc1ccc(/C=C/c2ccccc2)cc1)c1c(C(=O)O)cc([N+](=O)[O-])cc1[N+](=O)[O-])c1ccccc1)C(=O)NC(N=C(N)N)C(N)=O. The van der Waals surface area contributed by atoms with Gasteiger partial charge in [-0.05, 0) is 29.2 Å². The molecular formula is C46H54N20O13. The van der Waals surface area contributed by atoms with Crippen LogP contribution in [-0.2, 0) is 35.3 Å². The van der Waals surface area contributed by atoms with Crippen molar-refractivity contribution in [3.05, 3.63) is 145 Å². The Morgan fingerprint density at radius 3 is 1.49 bits per heavy atom. The molecule has 33 nitrogen and oxygen atoms in total. The number of aliphatic hydroxyl groups is 1. The molecule has 0 saturated carbocycles. The number of carboxylic acid groups (broad SMARTS) is 1. The van der Waals surface area contributed by atoms with Gasteiger partial charge in [-0.1, -0.05) is 97.1 Å². The predicted octanol–water partition coefficient (Wildman–Crippen LogP) is -3.95. The highest BCUT2D eigenvalue weighted by molar-refractivity contribution is 6.02. The summed E-state index contributed by atoms with van der Waals surface area (Å²) in [7, 11) is 0. The summed E-state index contributed by atoms with van der Waals surface area (Å²) in [5.41, 5.74) is 41.5. The molecule has 4 rings (SSSR count). The molecule has 79 heavy (non-hydrogen) atoms. The van der Waals surface area contributed by atoms with Gasteiger partial charge in [0.25, 0.3) is 35.0 Å². The fraction of sp³-hybridized carbons (Fsp3) is 0.196. The van der Waals surface area contributed by atoms with Gasteiger partial charge in [0, 0.05) is 12.6 Å². The van der Waals surface area contributed by atoms with Gasteiger partial charge in [0.1, 0.15) is 17.8 Å². The number of nitrogens with two attached hydrogens (primary N) is 8. The Balaban J connectivity index is 1.76. The van der Waals surface area contributed by atoms with Crippen LogP contribution in [0.15, 0.2) is 117 Å². The minimum atomic E-state index is -2.25. The number of carbonyl (C=O) groups is 7.